The van der Waals surface area contributed by atoms with Crippen LogP contribution in [0.1, 0.15) is 21.5 Å². The van der Waals surface area contributed by atoms with Crippen LogP contribution in [0.3, 0.4) is 0 Å². The predicted molar refractivity (Wildman–Crippen MR) is 74.1 cm³/mol. The van der Waals surface area contributed by atoms with Gasteiger partial charge >= 0.3 is 0 Å². The Kier molecular flexibility index (Phi) is 4.03. The lowest BCUT2D eigenvalue weighted by atomic mass is 10.0. The monoisotopic (exact) mass is 274 g/mol. The van der Waals surface area contributed by atoms with E-state index in [2.05, 4.69) is 0 Å². The topological polar surface area (TPSA) is 35.5 Å². The molecule has 0 aliphatic carbocycles. The molecule has 0 fully saturated rings. The van der Waals surface area contributed by atoms with Gasteiger partial charge in [0.05, 0.1) is 19.8 Å². The predicted octanol–water partition coefficient (Wildman–Crippen LogP) is 3.38. The van der Waals surface area contributed by atoms with E-state index in [1.165, 1.54) is 32.4 Å². The lowest BCUT2D eigenvalue weighted by Crippen LogP contribution is -2.05. The summed E-state index contributed by atoms with van der Waals surface area (Å²) < 4.78 is 23.7. The Morgan fingerprint density at radius 3 is 2.45 bits per heavy atom. The van der Waals surface area contributed by atoms with Crippen LogP contribution >= 0.6 is 0 Å². The van der Waals surface area contributed by atoms with Crippen molar-refractivity contribution in [2.45, 2.75) is 6.92 Å². The summed E-state index contributed by atoms with van der Waals surface area (Å²) in [6, 6.07) is 9.36. The third-order valence-corrected chi connectivity index (χ3v) is 3.07. The number of hydrogen-bond acceptors (Lipinski definition) is 3. The Bertz CT molecular complexity index is 650. The van der Waals surface area contributed by atoms with Crippen molar-refractivity contribution < 1.29 is 18.7 Å². The number of carbonyl (C=O) groups excluding carboxylic acids is 1. The highest BCUT2D eigenvalue weighted by Crippen LogP contribution is 2.32. The van der Waals surface area contributed by atoms with Crippen molar-refractivity contribution in [1.82, 2.24) is 0 Å². The van der Waals surface area contributed by atoms with Crippen LogP contribution in [-0.2, 0) is 0 Å². The first-order valence-electron chi connectivity index (χ1n) is 6.10. The minimum atomic E-state index is -0.334. The van der Waals surface area contributed by atoms with Crippen LogP contribution < -0.4 is 9.47 Å². The second-order valence-corrected chi connectivity index (χ2v) is 4.33. The zero-order chi connectivity index (χ0) is 14.7. The molecule has 3 nitrogen and oxygen atoms in total. The molecule has 0 unspecified atom stereocenters. The van der Waals surface area contributed by atoms with E-state index in [4.69, 9.17) is 9.47 Å². The number of halogens is 1. The molecule has 104 valence electrons. The number of ether oxygens (including phenoxy) is 2. The van der Waals surface area contributed by atoms with Gasteiger partial charge < -0.3 is 9.47 Å². The molecule has 20 heavy (non-hydrogen) atoms. The Morgan fingerprint density at radius 1 is 1.10 bits per heavy atom. The standard InChI is InChI=1S/C16H15FO3/c1-10-9-11(7-8-13(10)17)15(18)12-5-4-6-14(19-2)16(12)20-3/h4-9H,1-3H3. The number of benzene rings is 2. The van der Waals surface area contributed by atoms with Gasteiger partial charge in [-0.05, 0) is 42.8 Å². The summed E-state index contributed by atoms with van der Waals surface area (Å²) in [7, 11) is 2.98. The summed E-state index contributed by atoms with van der Waals surface area (Å²) in [5.74, 6) is 0.294. The Morgan fingerprint density at radius 2 is 1.85 bits per heavy atom. The summed E-state index contributed by atoms with van der Waals surface area (Å²) in [4.78, 5) is 12.5. The first kappa shape index (κ1) is 14.1. The van der Waals surface area contributed by atoms with E-state index in [9.17, 15) is 9.18 Å². The second kappa shape index (κ2) is 5.74. The number of rotatable bonds is 4. The van der Waals surface area contributed by atoms with Crippen molar-refractivity contribution in [3.63, 3.8) is 0 Å². The molecular formula is C16H15FO3. The molecule has 0 saturated heterocycles. The minimum absolute atomic E-state index is 0.233. The van der Waals surface area contributed by atoms with E-state index >= 15 is 0 Å². The quantitative estimate of drug-likeness (QED) is 0.802. The number of aryl methyl sites for hydroxylation is 1. The molecule has 2 aromatic carbocycles. The first-order chi connectivity index (χ1) is 9.58. The van der Waals surface area contributed by atoms with Crippen molar-refractivity contribution in [2.75, 3.05) is 14.2 Å². The van der Waals surface area contributed by atoms with Gasteiger partial charge in [0.2, 0.25) is 0 Å². The molecule has 0 aromatic heterocycles. The van der Waals surface area contributed by atoms with Crippen LogP contribution in [-0.4, -0.2) is 20.0 Å². The third-order valence-electron chi connectivity index (χ3n) is 3.07. The van der Waals surface area contributed by atoms with Crippen LogP contribution in [0.25, 0.3) is 0 Å². The van der Waals surface area contributed by atoms with Gasteiger partial charge in [-0.3, -0.25) is 4.79 Å². The van der Waals surface area contributed by atoms with Crippen LogP contribution in [0.5, 0.6) is 11.5 Å². The molecule has 0 aliphatic rings. The number of carbonyl (C=O) groups is 1. The Labute approximate surface area is 117 Å². The van der Waals surface area contributed by atoms with Crippen LogP contribution in [0.15, 0.2) is 36.4 Å². The maximum atomic E-state index is 13.3. The molecule has 0 aliphatic heterocycles. The Balaban J connectivity index is 2.50. The average molecular weight is 274 g/mol. The summed E-state index contributed by atoms with van der Waals surface area (Å²) >= 11 is 0. The van der Waals surface area contributed by atoms with Crippen molar-refractivity contribution in [3.05, 3.63) is 58.9 Å². The fraction of sp³-hybridized carbons (Fsp3) is 0.188. The van der Waals surface area contributed by atoms with E-state index in [1.807, 2.05) is 0 Å². The molecule has 0 spiro atoms. The molecule has 0 radical (unpaired) electrons. The summed E-state index contributed by atoms with van der Waals surface area (Å²) in [5, 5.41) is 0. The molecule has 2 aromatic rings. The molecule has 2 rings (SSSR count). The van der Waals surface area contributed by atoms with Crippen LogP contribution in [0.4, 0.5) is 4.39 Å². The molecule has 0 amide bonds. The smallest absolute Gasteiger partial charge is 0.196 e. The molecule has 0 atom stereocenters. The van der Waals surface area contributed by atoms with Crippen LogP contribution in [0.2, 0.25) is 0 Å². The normalized spacial score (nSPS) is 10.2. The van der Waals surface area contributed by atoms with Crippen molar-refractivity contribution in [3.8, 4) is 11.5 Å². The van der Waals surface area contributed by atoms with E-state index < -0.39 is 0 Å². The van der Waals surface area contributed by atoms with E-state index in [0.29, 0.717) is 28.2 Å². The molecule has 4 heteroatoms. The lowest BCUT2D eigenvalue weighted by Gasteiger charge is -2.12. The van der Waals surface area contributed by atoms with Gasteiger partial charge in [0.1, 0.15) is 5.82 Å². The fourth-order valence-electron chi connectivity index (χ4n) is 2.01. The number of methoxy groups -OCH3 is 2. The van der Waals surface area contributed by atoms with Crippen LogP contribution in [0, 0.1) is 12.7 Å². The van der Waals surface area contributed by atoms with E-state index in [-0.39, 0.29) is 11.6 Å². The minimum Gasteiger partial charge on any atom is -0.493 e. The Hall–Kier alpha value is -2.36. The maximum absolute atomic E-state index is 13.3. The van der Waals surface area contributed by atoms with Gasteiger partial charge in [-0.15, -0.1) is 0 Å². The van der Waals surface area contributed by atoms with E-state index in [1.54, 1.807) is 25.1 Å². The van der Waals surface area contributed by atoms with Crippen molar-refractivity contribution in [2.24, 2.45) is 0 Å². The van der Waals surface area contributed by atoms with Gasteiger partial charge in [0.15, 0.2) is 17.3 Å². The largest absolute Gasteiger partial charge is 0.493 e. The molecular weight excluding hydrogens is 259 g/mol. The number of ketones is 1. The molecule has 0 saturated carbocycles. The van der Waals surface area contributed by atoms with Gasteiger partial charge in [-0.25, -0.2) is 4.39 Å². The zero-order valence-electron chi connectivity index (χ0n) is 11.6. The van der Waals surface area contributed by atoms with Crippen molar-refractivity contribution in [1.29, 1.82) is 0 Å². The highest BCUT2D eigenvalue weighted by Gasteiger charge is 2.18. The molecule has 0 bridgehead atoms. The second-order valence-electron chi connectivity index (χ2n) is 4.33. The third kappa shape index (κ3) is 2.50. The van der Waals surface area contributed by atoms with Crippen molar-refractivity contribution >= 4 is 5.78 Å². The summed E-state index contributed by atoms with van der Waals surface area (Å²) in [6.45, 7) is 1.62. The molecule has 0 heterocycles. The number of hydrogen-bond donors (Lipinski definition) is 0. The summed E-state index contributed by atoms with van der Waals surface area (Å²) in [5.41, 5.74) is 1.23. The number of para-hydroxylation sites is 1. The highest BCUT2D eigenvalue weighted by atomic mass is 19.1. The lowest BCUT2D eigenvalue weighted by molar-refractivity contribution is 0.103. The highest BCUT2D eigenvalue weighted by molar-refractivity contribution is 6.11. The average Bonchev–Trinajstić information content (AvgIpc) is 2.48. The van der Waals surface area contributed by atoms with E-state index in [0.717, 1.165) is 0 Å². The van der Waals surface area contributed by atoms with Gasteiger partial charge in [-0.2, -0.15) is 0 Å². The van der Waals surface area contributed by atoms with Gasteiger partial charge in [-0.1, -0.05) is 6.07 Å². The fourth-order valence-corrected chi connectivity index (χ4v) is 2.01. The SMILES string of the molecule is COc1cccc(C(=O)c2ccc(F)c(C)c2)c1OC. The zero-order valence-corrected chi connectivity index (χ0v) is 11.6. The van der Waals surface area contributed by atoms with Gasteiger partial charge in [0, 0.05) is 5.56 Å². The summed E-state index contributed by atoms with van der Waals surface area (Å²) in [6.07, 6.45) is 0. The van der Waals surface area contributed by atoms with Gasteiger partial charge in [0.25, 0.3) is 0 Å². The molecule has 0 N–H and O–H groups in total. The maximum Gasteiger partial charge on any atom is 0.196 e. The first-order valence-corrected chi connectivity index (χ1v) is 6.10.